The fourth-order valence-electron chi connectivity index (χ4n) is 2.95. The molecule has 1 amide bonds. The van der Waals surface area contributed by atoms with Gasteiger partial charge in [0.05, 0.1) is 23.9 Å². The van der Waals surface area contributed by atoms with Crippen molar-refractivity contribution in [2.75, 3.05) is 12.4 Å². The number of carbonyl (C=O) groups is 3. The first kappa shape index (κ1) is 20.8. The van der Waals surface area contributed by atoms with Crippen molar-refractivity contribution in [1.82, 2.24) is 0 Å². The molecule has 0 saturated heterocycles. The molecular weight excluding hydrogens is 382 g/mol. The zero-order valence-corrected chi connectivity index (χ0v) is 16.9. The van der Waals surface area contributed by atoms with Crippen molar-refractivity contribution in [3.8, 4) is 5.75 Å². The van der Waals surface area contributed by atoms with Crippen molar-refractivity contribution in [1.29, 1.82) is 0 Å². The van der Waals surface area contributed by atoms with Crippen LogP contribution in [0.5, 0.6) is 5.75 Å². The van der Waals surface area contributed by atoms with E-state index in [2.05, 4.69) is 5.32 Å². The maximum Gasteiger partial charge on any atom is 0.348 e. The number of aryl methyl sites for hydroxylation is 2. The smallest absolute Gasteiger partial charge is 0.348 e. The molecule has 0 unspecified atom stereocenters. The van der Waals surface area contributed by atoms with E-state index in [1.54, 1.807) is 49.4 Å². The van der Waals surface area contributed by atoms with Gasteiger partial charge in [-0.2, -0.15) is 0 Å². The number of rotatable bonds is 5. The minimum atomic E-state index is -0.869. The van der Waals surface area contributed by atoms with Crippen LogP contribution in [0.4, 0.5) is 5.69 Å². The van der Waals surface area contributed by atoms with E-state index in [-0.39, 0.29) is 17.2 Å². The lowest BCUT2D eigenvalue weighted by Gasteiger charge is -2.13. The van der Waals surface area contributed by atoms with Crippen molar-refractivity contribution in [2.24, 2.45) is 0 Å². The van der Waals surface area contributed by atoms with E-state index < -0.39 is 11.9 Å². The average molecular weight is 403 g/mol. The normalized spacial score (nSPS) is 10.2. The molecule has 0 aliphatic rings. The molecule has 3 aromatic rings. The maximum absolute atomic E-state index is 12.7. The highest BCUT2D eigenvalue weighted by Gasteiger charge is 2.21. The average Bonchev–Trinajstić information content (AvgIpc) is 2.74. The number of anilines is 1. The van der Waals surface area contributed by atoms with Crippen LogP contribution in [0.2, 0.25) is 0 Å². The highest BCUT2D eigenvalue weighted by molar-refractivity contribution is 6.11. The predicted molar refractivity (Wildman–Crippen MR) is 113 cm³/mol. The van der Waals surface area contributed by atoms with Crippen LogP contribution in [-0.4, -0.2) is 25.0 Å². The second kappa shape index (κ2) is 9.05. The number of methoxy groups -OCH3 is 1. The van der Waals surface area contributed by atoms with Gasteiger partial charge < -0.3 is 14.8 Å². The maximum atomic E-state index is 12.7. The number of carbonyl (C=O) groups excluding carboxylic acids is 3. The zero-order chi connectivity index (χ0) is 21.7. The second-order valence-corrected chi connectivity index (χ2v) is 6.67. The van der Waals surface area contributed by atoms with Crippen molar-refractivity contribution >= 4 is 23.5 Å². The summed E-state index contributed by atoms with van der Waals surface area (Å²) < 4.78 is 10.3. The molecule has 30 heavy (non-hydrogen) atoms. The zero-order valence-electron chi connectivity index (χ0n) is 16.9. The van der Waals surface area contributed by atoms with E-state index in [9.17, 15) is 14.4 Å². The minimum absolute atomic E-state index is 0.0414. The van der Waals surface area contributed by atoms with Crippen LogP contribution in [0.25, 0.3) is 0 Å². The van der Waals surface area contributed by atoms with Crippen LogP contribution >= 0.6 is 0 Å². The molecule has 0 bridgehead atoms. The van der Waals surface area contributed by atoms with Gasteiger partial charge >= 0.3 is 11.9 Å². The van der Waals surface area contributed by atoms with Crippen LogP contribution in [0, 0.1) is 13.8 Å². The first-order valence-corrected chi connectivity index (χ1v) is 9.28. The summed E-state index contributed by atoms with van der Waals surface area (Å²) in [7, 11) is 1.47. The second-order valence-electron chi connectivity index (χ2n) is 6.67. The Labute approximate surface area is 174 Å². The number of hydrogen-bond acceptors (Lipinski definition) is 5. The molecule has 6 heteroatoms. The van der Waals surface area contributed by atoms with Crippen LogP contribution in [0.3, 0.4) is 0 Å². The number of esters is 2. The number of nitrogens with one attached hydrogen (secondary N) is 1. The molecule has 0 fully saturated rings. The summed E-state index contributed by atoms with van der Waals surface area (Å²) in [5.74, 6) is -1.58. The van der Waals surface area contributed by atoms with Crippen molar-refractivity contribution in [2.45, 2.75) is 13.8 Å². The topological polar surface area (TPSA) is 81.7 Å². The lowest BCUT2D eigenvalue weighted by Crippen LogP contribution is -2.19. The van der Waals surface area contributed by atoms with E-state index in [1.165, 1.54) is 19.2 Å². The van der Waals surface area contributed by atoms with Gasteiger partial charge in [-0.15, -0.1) is 0 Å². The van der Waals surface area contributed by atoms with Gasteiger partial charge in [0.1, 0.15) is 5.75 Å². The van der Waals surface area contributed by atoms with Gasteiger partial charge in [0.25, 0.3) is 5.91 Å². The summed E-state index contributed by atoms with van der Waals surface area (Å²) in [6.45, 7) is 3.57. The quantitative estimate of drug-likeness (QED) is 0.499. The highest BCUT2D eigenvalue weighted by Crippen LogP contribution is 2.25. The lowest BCUT2D eigenvalue weighted by molar-refractivity contribution is 0.0398. The SMILES string of the molecule is COc1ccc(C(=O)OC(=O)c2ccccc2C)c(NC(=O)c2ccccc2C)c1. The molecule has 3 rings (SSSR count). The standard InChI is InChI=1S/C24H21NO5/c1-15-8-4-6-10-18(15)22(26)25-21-14-17(29-3)12-13-20(21)24(28)30-23(27)19-11-7-5-9-16(19)2/h4-14H,1-3H3,(H,25,26). The summed E-state index contributed by atoms with van der Waals surface area (Å²) >= 11 is 0. The van der Waals surface area contributed by atoms with Gasteiger partial charge in [0.2, 0.25) is 0 Å². The molecular formula is C24H21NO5. The van der Waals surface area contributed by atoms with E-state index >= 15 is 0 Å². The van der Waals surface area contributed by atoms with Crippen LogP contribution in [-0.2, 0) is 4.74 Å². The Morgan fingerprint density at radius 1 is 0.733 bits per heavy atom. The van der Waals surface area contributed by atoms with Crippen molar-refractivity contribution in [3.05, 3.63) is 94.5 Å². The van der Waals surface area contributed by atoms with Crippen LogP contribution in [0.15, 0.2) is 66.7 Å². The summed E-state index contributed by atoms with van der Waals surface area (Å²) in [5, 5.41) is 2.72. The van der Waals surface area contributed by atoms with Gasteiger partial charge in [0, 0.05) is 11.6 Å². The first-order valence-electron chi connectivity index (χ1n) is 9.28. The molecule has 0 saturated carbocycles. The third kappa shape index (κ3) is 4.55. The number of amides is 1. The number of ether oxygens (including phenoxy) is 2. The molecule has 152 valence electrons. The summed E-state index contributed by atoms with van der Waals surface area (Å²) in [5.41, 5.74) is 2.47. The Kier molecular flexibility index (Phi) is 6.27. The monoisotopic (exact) mass is 403 g/mol. The molecule has 0 aromatic heterocycles. The van der Waals surface area contributed by atoms with E-state index in [1.807, 2.05) is 19.1 Å². The van der Waals surface area contributed by atoms with Crippen molar-refractivity contribution in [3.63, 3.8) is 0 Å². The third-order valence-electron chi connectivity index (χ3n) is 4.63. The minimum Gasteiger partial charge on any atom is -0.497 e. The van der Waals surface area contributed by atoms with Gasteiger partial charge in [-0.1, -0.05) is 36.4 Å². The van der Waals surface area contributed by atoms with Gasteiger partial charge in [0.15, 0.2) is 0 Å². The van der Waals surface area contributed by atoms with E-state index in [4.69, 9.17) is 9.47 Å². The Morgan fingerprint density at radius 2 is 1.30 bits per heavy atom. The molecule has 0 heterocycles. The predicted octanol–water partition coefficient (Wildman–Crippen LogP) is 4.56. The first-order chi connectivity index (χ1) is 14.4. The molecule has 0 atom stereocenters. The lowest BCUT2D eigenvalue weighted by atomic mass is 10.1. The van der Waals surface area contributed by atoms with Gasteiger partial charge in [-0.3, -0.25) is 4.79 Å². The van der Waals surface area contributed by atoms with Gasteiger partial charge in [-0.25, -0.2) is 9.59 Å². The van der Waals surface area contributed by atoms with Gasteiger partial charge in [-0.05, 0) is 49.2 Å². The Bertz CT molecular complexity index is 1120. The van der Waals surface area contributed by atoms with Crippen LogP contribution in [0.1, 0.15) is 42.2 Å². The Balaban J connectivity index is 1.88. The molecule has 0 aliphatic heterocycles. The fourth-order valence-corrected chi connectivity index (χ4v) is 2.95. The fraction of sp³-hybridized carbons (Fsp3) is 0.125. The summed E-state index contributed by atoms with van der Waals surface area (Å²) in [4.78, 5) is 37.9. The molecule has 0 radical (unpaired) electrons. The molecule has 0 aliphatic carbocycles. The molecule has 0 spiro atoms. The number of benzene rings is 3. The number of hydrogen-bond donors (Lipinski definition) is 1. The van der Waals surface area contributed by atoms with Crippen LogP contribution < -0.4 is 10.1 Å². The van der Waals surface area contributed by atoms with E-state index in [0.29, 0.717) is 22.4 Å². The third-order valence-corrected chi connectivity index (χ3v) is 4.63. The highest BCUT2D eigenvalue weighted by atomic mass is 16.6. The molecule has 1 N–H and O–H groups in total. The largest absolute Gasteiger partial charge is 0.497 e. The molecule has 3 aromatic carbocycles. The summed E-state index contributed by atoms with van der Waals surface area (Å²) in [6.07, 6.45) is 0. The van der Waals surface area contributed by atoms with Crippen molar-refractivity contribution < 1.29 is 23.9 Å². The molecule has 6 nitrogen and oxygen atoms in total. The Hall–Kier alpha value is -3.93. The Morgan fingerprint density at radius 3 is 1.90 bits per heavy atom. The van der Waals surface area contributed by atoms with E-state index in [0.717, 1.165) is 5.56 Å². The summed E-state index contributed by atoms with van der Waals surface area (Å²) in [6, 6.07) is 18.4.